The molecule has 4 heteroatoms. The predicted molar refractivity (Wildman–Crippen MR) is 110 cm³/mol. The maximum atomic E-state index is 6.11. The Morgan fingerprint density at radius 1 is 1.32 bits per heavy atom. The summed E-state index contributed by atoms with van der Waals surface area (Å²) in [6, 6.07) is 8.85. The van der Waals surface area contributed by atoms with Crippen LogP contribution in [-0.4, -0.2) is 43.8 Å². The Labute approximate surface area is 158 Å². The lowest BCUT2D eigenvalue weighted by Gasteiger charge is -2.39. The molecule has 1 aromatic carbocycles. The topological polar surface area (TPSA) is 27.6 Å². The molecule has 1 heterocycles. The van der Waals surface area contributed by atoms with Crippen LogP contribution < -0.4 is 5.32 Å². The molecule has 25 heavy (non-hydrogen) atoms. The fourth-order valence-electron chi connectivity index (χ4n) is 3.68. The Bertz CT molecular complexity index is 573. The van der Waals surface area contributed by atoms with Gasteiger partial charge in [0.1, 0.15) is 0 Å². The number of hydrogen-bond donors (Lipinski definition) is 1. The molecule has 2 unspecified atom stereocenters. The molecule has 0 bridgehead atoms. The third-order valence-corrected chi connectivity index (χ3v) is 5.62. The van der Waals surface area contributed by atoms with Gasteiger partial charge in [0.25, 0.3) is 0 Å². The van der Waals surface area contributed by atoms with Crippen LogP contribution in [0, 0.1) is 5.92 Å². The Morgan fingerprint density at radius 3 is 2.52 bits per heavy atom. The number of hydrogen-bond acceptors (Lipinski definition) is 3. The van der Waals surface area contributed by atoms with Gasteiger partial charge in [-0.2, -0.15) is 0 Å². The standard InChI is InChI=1S/C21H32ClN3/c1-5-6-7-20(23-3)21(18-8-10-19(22)11-9-18)25(4)16(2)17-12-14-24-15-13-17/h6-11,16-17,21,24H,5,12-15H2,1-4H3/b7-6-,23-20?. The Hall–Kier alpha value is -1.16. The van der Waals surface area contributed by atoms with E-state index in [4.69, 9.17) is 11.6 Å². The lowest BCUT2D eigenvalue weighted by atomic mass is 9.88. The first-order valence-corrected chi connectivity index (χ1v) is 9.77. The van der Waals surface area contributed by atoms with Gasteiger partial charge in [0.05, 0.1) is 11.8 Å². The highest BCUT2D eigenvalue weighted by Gasteiger charge is 2.30. The smallest absolute Gasteiger partial charge is 0.0771 e. The van der Waals surface area contributed by atoms with Gasteiger partial charge in [0.2, 0.25) is 0 Å². The van der Waals surface area contributed by atoms with Crippen molar-refractivity contribution in [1.82, 2.24) is 10.2 Å². The largest absolute Gasteiger partial charge is 0.317 e. The van der Waals surface area contributed by atoms with Crippen LogP contribution in [0.5, 0.6) is 0 Å². The number of allylic oxidation sites excluding steroid dienone is 1. The summed E-state index contributed by atoms with van der Waals surface area (Å²) in [6.07, 6.45) is 7.85. The second-order valence-electron chi connectivity index (χ2n) is 6.91. The molecular weight excluding hydrogens is 330 g/mol. The molecule has 1 aliphatic heterocycles. The van der Waals surface area contributed by atoms with Crippen LogP contribution in [0.1, 0.15) is 44.7 Å². The van der Waals surface area contributed by atoms with E-state index in [1.165, 1.54) is 18.4 Å². The van der Waals surface area contributed by atoms with Crippen LogP contribution >= 0.6 is 11.6 Å². The van der Waals surface area contributed by atoms with Crippen LogP contribution in [0.25, 0.3) is 0 Å². The second-order valence-corrected chi connectivity index (χ2v) is 7.34. The van der Waals surface area contributed by atoms with E-state index in [0.717, 1.165) is 30.2 Å². The third kappa shape index (κ3) is 5.40. The van der Waals surface area contributed by atoms with Crippen molar-refractivity contribution in [3.63, 3.8) is 0 Å². The first-order valence-electron chi connectivity index (χ1n) is 9.39. The van der Waals surface area contributed by atoms with E-state index in [1.54, 1.807) is 0 Å². The maximum absolute atomic E-state index is 6.11. The number of piperidine rings is 1. The van der Waals surface area contributed by atoms with Crippen molar-refractivity contribution >= 4 is 17.3 Å². The molecule has 1 saturated heterocycles. The summed E-state index contributed by atoms with van der Waals surface area (Å²) in [5.41, 5.74) is 2.35. The van der Waals surface area contributed by atoms with Crippen molar-refractivity contribution in [3.8, 4) is 0 Å². The zero-order valence-corrected chi connectivity index (χ0v) is 16.8. The minimum Gasteiger partial charge on any atom is -0.317 e. The molecule has 1 fully saturated rings. The predicted octanol–water partition coefficient (Wildman–Crippen LogP) is 4.74. The highest BCUT2D eigenvalue weighted by atomic mass is 35.5. The van der Waals surface area contributed by atoms with Crippen LogP contribution in [0.4, 0.5) is 0 Å². The van der Waals surface area contributed by atoms with Crippen LogP contribution in [-0.2, 0) is 0 Å². The minimum absolute atomic E-state index is 0.148. The Kier molecular flexibility index (Phi) is 8.14. The minimum atomic E-state index is 0.148. The molecule has 3 nitrogen and oxygen atoms in total. The summed E-state index contributed by atoms with van der Waals surface area (Å²) >= 11 is 6.11. The van der Waals surface area contributed by atoms with Gasteiger partial charge in [0, 0.05) is 18.1 Å². The van der Waals surface area contributed by atoms with Crippen LogP contribution in [0.2, 0.25) is 5.02 Å². The van der Waals surface area contributed by atoms with Gasteiger partial charge in [-0.25, -0.2) is 0 Å². The van der Waals surface area contributed by atoms with E-state index >= 15 is 0 Å². The zero-order chi connectivity index (χ0) is 18.2. The summed E-state index contributed by atoms with van der Waals surface area (Å²) in [6.45, 7) is 6.76. The van der Waals surface area contributed by atoms with Crippen LogP contribution in [0.3, 0.4) is 0 Å². The quantitative estimate of drug-likeness (QED) is 0.710. The first kappa shape index (κ1) is 20.2. The molecule has 1 aromatic rings. The highest BCUT2D eigenvalue weighted by molar-refractivity contribution is 6.30. The van der Waals surface area contributed by atoms with Crippen molar-refractivity contribution in [2.45, 2.75) is 45.2 Å². The van der Waals surface area contributed by atoms with E-state index in [1.807, 2.05) is 19.2 Å². The summed E-state index contributed by atoms with van der Waals surface area (Å²) in [5, 5.41) is 4.24. The van der Waals surface area contributed by atoms with Crippen molar-refractivity contribution in [2.75, 3.05) is 27.2 Å². The maximum Gasteiger partial charge on any atom is 0.0771 e. The molecule has 0 aromatic heterocycles. The average molecular weight is 362 g/mol. The number of rotatable bonds is 7. The zero-order valence-electron chi connectivity index (χ0n) is 16.0. The molecule has 0 amide bonds. The average Bonchev–Trinajstić information content (AvgIpc) is 2.66. The van der Waals surface area contributed by atoms with Gasteiger partial charge < -0.3 is 5.32 Å². The third-order valence-electron chi connectivity index (χ3n) is 5.36. The molecule has 0 spiro atoms. The van der Waals surface area contributed by atoms with Gasteiger partial charge in [0.15, 0.2) is 0 Å². The Balaban J connectivity index is 2.31. The van der Waals surface area contributed by atoms with Crippen molar-refractivity contribution < 1.29 is 0 Å². The normalized spacial score (nSPS) is 19.5. The number of halogens is 1. The van der Waals surface area contributed by atoms with Crippen molar-refractivity contribution in [2.24, 2.45) is 10.9 Å². The SMILES string of the molecule is CC/C=C\C(=NC)C(c1ccc(Cl)cc1)N(C)C(C)C1CCNCC1. The van der Waals surface area contributed by atoms with E-state index in [0.29, 0.717) is 12.0 Å². The summed E-state index contributed by atoms with van der Waals surface area (Å²) < 4.78 is 0. The van der Waals surface area contributed by atoms with E-state index in [-0.39, 0.29) is 6.04 Å². The number of nitrogens with one attached hydrogen (secondary N) is 1. The number of aliphatic imine (C=N–C) groups is 1. The first-order chi connectivity index (χ1) is 12.1. The fourth-order valence-corrected chi connectivity index (χ4v) is 3.81. The second kappa shape index (κ2) is 10.1. The highest BCUT2D eigenvalue weighted by Crippen LogP contribution is 2.30. The lowest BCUT2D eigenvalue weighted by Crippen LogP contribution is -2.44. The van der Waals surface area contributed by atoms with E-state index < -0.39 is 0 Å². The fraction of sp³-hybridized carbons (Fsp3) is 0.571. The molecule has 1 aliphatic rings. The van der Waals surface area contributed by atoms with Crippen molar-refractivity contribution in [3.05, 3.63) is 47.0 Å². The van der Waals surface area contributed by atoms with Gasteiger partial charge in [-0.1, -0.05) is 36.7 Å². The van der Waals surface area contributed by atoms with Gasteiger partial charge >= 0.3 is 0 Å². The molecule has 0 aliphatic carbocycles. The molecule has 0 saturated carbocycles. The molecule has 138 valence electrons. The van der Waals surface area contributed by atoms with E-state index in [9.17, 15) is 0 Å². The van der Waals surface area contributed by atoms with Crippen molar-refractivity contribution in [1.29, 1.82) is 0 Å². The molecular formula is C21H32ClN3. The van der Waals surface area contributed by atoms with E-state index in [2.05, 4.69) is 60.4 Å². The summed E-state index contributed by atoms with van der Waals surface area (Å²) in [5.74, 6) is 0.717. The Morgan fingerprint density at radius 2 is 1.96 bits per heavy atom. The number of benzene rings is 1. The van der Waals surface area contributed by atoms with Gasteiger partial charge in [-0.05, 0) is 76.0 Å². The summed E-state index contributed by atoms with van der Waals surface area (Å²) in [4.78, 5) is 7.10. The number of nitrogens with zero attached hydrogens (tertiary/aromatic N) is 2. The summed E-state index contributed by atoms with van der Waals surface area (Å²) in [7, 11) is 4.12. The molecule has 2 rings (SSSR count). The monoisotopic (exact) mass is 361 g/mol. The lowest BCUT2D eigenvalue weighted by molar-refractivity contribution is 0.144. The molecule has 0 radical (unpaired) electrons. The molecule has 2 atom stereocenters. The molecule has 1 N–H and O–H groups in total. The van der Waals surface area contributed by atoms with Gasteiger partial charge in [-0.15, -0.1) is 0 Å². The van der Waals surface area contributed by atoms with Crippen LogP contribution in [0.15, 0.2) is 41.4 Å². The van der Waals surface area contributed by atoms with Gasteiger partial charge in [-0.3, -0.25) is 9.89 Å².